The molecule has 4 heterocycles. The van der Waals surface area contributed by atoms with Gasteiger partial charge in [-0.2, -0.15) is 13.2 Å². The maximum atomic E-state index is 15.1. The number of carbonyl (C=O) groups excluding carboxylic acids is 3. The lowest BCUT2D eigenvalue weighted by atomic mass is 10.0. The summed E-state index contributed by atoms with van der Waals surface area (Å²) in [5, 5.41) is 2.28. The van der Waals surface area contributed by atoms with Gasteiger partial charge in [-0.25, -0.2) is 4.39 Å². The number of halogens is 4. The molecule has 0 spiro atoms. The van der Waals surface area contributed by atoms with Gasteiger partial charge in [-0.3, -0.25) is 24.6 Å². The molecule has 0 bridgehead atoms. The highest BCUT2D eigenvalue weighted by atomic mass is 19.4. The lowest BCUT2D eigenvalue weighted by Gasteiger charge is -2.36. The Balaban J connectivity index is 1.05. The van der Waals surface area contributed by atoms with E-state index in [2.05, 4.69) is 15.1 Å². The summed E-state index contributed by atoms with van der Waals surface area (Å²) in [5.74, 6) is -1.83. The van der Waals surface area contributed by atoms with E-state index in [-0.39, 0.29) is 43.5 Å². The van der Waals surface area contributed by atoms with E-state index >= 15 is 4.39 Å². The Hall–Kier alpha value is -5.03. The van der Waals surface area contributed by atoms with Crippen LogP contribution in [0.3, 0.4) is 0 Å². The molecule has 3 aliphatic heterocycles. The van der Waals surface area contributed by atoms with Gasteiger partial charge in [0.1, 0.15) is 30.4 Å². The molecule has 1 unspecified atom stereocenters. The summed E-state index contributed by atoms with van der Waals surface area (Å²) in [5.41, 5.74) is 1.30. The van der Waals surface area contributed by atoms with Crippen molar-refractivity contribution in [3.63, 3.8) is 0 Å². The monoisotopic (exact) mass is 636 g/mol. The number of nitrogens with zero attached hydrogens (tertiary/aromatic N) is 5. The third-order valence-corrected chi connectivity index (χ3v) is 8.45. The van der Waals surface area contributed by atoms with Gasteiger partial charge < -0.3 is 19.4 Å². The second-order valence-corrected chi connectivity index (χ2v) is 11.3. The molecule has 46 heavy (non-hydrogen) atoms. The number of piperazine rings is 1. The Kier molecular flexibility index (Phi) is 8.35. The molecule has 0 aliphatic carbocycles. The van der Waals surface area contributed by atoms with Gasteiger partial charge in [0.2, 0.25) is 11.8 Å². The van der Waals surface area contributed by atoms with E-state index in [1.165, 1.54) is 17.2 Å². The fraction of sp³-hybridized carbons (Fsp3) is 0.344. The zero-order valence-electron chi connectivity index (χ0n) is 24.4. The van der Waals surface area contributed by atoms with Crippen molar-refractivity contribution in [1.29, 1.82) is 0 Å². The summed E-state index contributed by atoms with van der Waals surface area (Å²) >= 11 is 0. The van der Waals surface area contributed by atoms with Gasteiger partial charge in [-0.15, -0.1) is 4.98 Å². The molecule has 2 aromatic carbocycles. The van der Waals surface area contributed by atoms with Crippen molar-refractivity contribution in [2.45, 2.75) is 44.8 Å². The number of anilines is 1. The van der Waals surface area contributed by atoms with Gasteiger partial charge in [0.05, 0.1) is 17.8 Å². The number of imide groups is 1. The van der Waals surface area contributed by atoms with Crippen molar-refractivity contribution in [1.82, 2.24) is 20.1 Å². The lowest BCUT2D eigenvalue weighted by molar-refractivity contribution is -0.138. The molecule has 10 nitrogen and oxygen atoms in total. The quantitative estimate of drug-likeness (QED) is 0.233. The molecule has 2 fully saturated rings. The first kappa shape index (κ1) is 31.0. The summed E-state index contributed by atoms with van der Waals surface area (Å²) in [7, 11) is 0. The molecule has 3 amide bonds. The first-order chi connectivity index (χ1) is 22.0. The number of hydrogen-bond acceptors (Lipinski definition) is 7. The van der Waals surface area contributed by atoms with Gasteiger partial charge in [-0.1, -0.05) is 24.8 Å². The number of hydrogen-bond donors (Lipinski definition) is 1. The van der Waals surface area contributed by atoms with Crippen LogP contribution in [0.5, 0.6) is 5.75 Å². The average molecular weight is 637 g/mol. The molecule has 1 aromatic heterocycles. The average Bonchev–Trinajstić information content (AvgIpc) is 3.37. The zero-order chi connectivity index (χ0) is 32.6. The van der Waals surface area contributed by atoms with Gasteiger partial charge in [0.15, 0.2) is 0 Å². The largest absolute Gasteiger partial charge is 0.489 e. The van der Waals surface area contributed by atoms with Crippen molar-refractivity contribution < 1.29 is 36.7 Å². The fourth-order valence-electron chi connectivity index (χ4n) is 5.98. The van der Waals surface area contributed by atoms with E-state index < -0.39 is 35.3 Å². The van der Waals surface area contributed by atoms with E-state index in [0.717, 1.165) is 6.07 Å². The van der Waals surface area contributed by atoms with Crippen LogP contribution in [-0.2, 0) is 35.5 Å². The summed E-state index contributed by atoms with van der Waals surface area (Å²) in [6.45, 7) is 9.27. The van der Waals surface area contributed by atoms with E-state index in [4.69, 9.17) is 11.3 Å². The third kappa shape index (κ3) is 6.23. The Bertz CT molecular complexity index is 1750. The number of benzene rings is 2. The van der Waals surface area contributed by atoms with E-state index in [9.17, 15) is 27.6 Å². The predicted octanol–water partition coefficient (Wildman–Crippen LogP) is 4.45. The number of aromatic nitrogens is 1. The Morgan fingerprint density at radius 1 is 1.07 bits per heavy atom. The number of ether oxygens (including phenoxy) is 1. The Morgan fingerprint density at radius 3 is 2.54 bits per heavy atom. The topological polar surface area (TPSA) is 99.4 Å². The van der Waals surface area contributed by atoms with Crippen molar-refractivity contribution in [3.05, 3.63) is 93.7 Å². The van der Waals surface area contributed by atoms with Gasteiger partial charge in [-0.05, 0) is 36.2 Å². The molecule has 1 N–H and O–H groups in total. The highest BCUT2D eigenvalue weighted by molar-refractivity contribution is 6.05. The molecule has 0 radical (unpaired) electrons. The molecular weight excluding hydrogens is 608 g/mol. The van der Waals surface area contributed by atoms with Crippen molar-refractivity contribution in [2.75, 3.05) is 31.1 Å². The minimum absolute atomic E-state index is 0.0408. The molecule has 3 aliphatic rings. The predicted molar refractivity (Wildman–Crippen MR) is 156 cm³/mol. The van der Waals surface area contributed by atoms with Gasteiger partial charge >= 0.3 is 6.18 Å². The van der Waals surface area contributed by atoms with Crippen LogP contribution in [0, 0.1) is 12.4 Å². The summed E-state index contributed by atoms with van der Waals surface area (Å²) in [6.07, 6.45) is -3.01. The molecule has 3 aromatic rings. The number of alkyl halides is 3. The minimum Gasteiger partial charge on any atom is -0.489 e. The SMILES string of the molecule is [C-]#[N+]c1ncc(N2CCN(Cc3ccc(COc4cccc5c4CN(C4CCC(=O)NC4=O)C5=O)cc3F)CC2)cc1C(F)(F)F. The number of carbonyl (C=O) groups is 3. The fourth-order valence-corrected chi connectivity index (χ4v) is 5.98. The van der Waals surface area contributed by atoms with Gasteiger partial charge in [0.25, 0.3) is 11.7 Å². The maximum absolute atomic E-state index is 15.1. The minimum atomic E-state index is -4.68. The third-order valence-electron chi connectivity index (χ3n) is 8.45. The van der Waals surface area contributed by atoms with Crippen LogP contribution in [0.4, 0.5) is 29.1 Å². The summed E-state index contributed by atoms with van der Waals surface area (Å²) in [4.78, 5) is 48.7. The first-order valence-corrected chi connectivity index (χ1v) is 14.6. The van der Waals surface area contributed by atoms with Crippen molar-refractivity contribution in [3.8, 4) is 5.75 Å². The smallest absolute Gasteiger partial charge is 0.409 e. The molecule has 1 atom stereocenters. The Morgan fingerprint density at radius 2 is 1.85 bits per heavy atom. The molecule has 14 heteroatoms. The molecule has 6 rings (SSSR count). The number of piperidine rings is 1. The molecular formula is C32H28F4N6O4. The number of fused-ring (bicyclic) bond motifs is 1. The van der Waals surface area contributed by atoms with Crippen molar-refractivity contribution >= 4 is 29.2 Å². The first-order valence-electron chi connectivity index (χ1n) is 14.6. The van der Waals surface area contributed by atoms with Crippen molar-refractivity contribution in [2.24, 2.45) is 0 Å². The Labute approximate surface area is 261 Å². The van der Waals surface area contributed by atoms with Crippen LogP contribution in [-0.4, -0.2) is 64.7 Å². The summed E-state index contributed by atoms with van der Waals surface area (Å²) < 4.78 is 61.2. The second-order valence-electron chi connectivity index (χ2n) is 11.3. The lowest BCUT2D eigenvalue weighted by Crippen LogP contribution is -2.52. The van der Waals surface area contributed by atoms with Crippen LogP contribution in [0.1, 0.15) is 45.5 Å². The van der Waals surface area contributed by atoms with Crippen LogP contribution in [0.15, 0.2) is 48.7 Å². The molecule has 0 saturated carbocycles. The number of nitrogens with one attached hydrogen (secondary N) is 1. The number of pyridine rings is 1. The highest BCUT2D eigenvalue weighted by Gasteiger charge is 2.40. The number of rotatable bonds is 7. The highest BCUT2D eigenvalue weighted by Crippen LogP contribution is 2.38. The van der Waals surface area contributed by atoms with Gasteiger partial charge in [0, 0.05) is 55.8 Å². The summed E-state index contributed by atoms with van der Waals surface area (Å²) in [6, 6.07) is 10.1. The zero-order valence-corrected chi connectivity index (χ0v) is 24.4. The van der Waals surface area contributed by atoms with Crippen LogP contribution < -0.4 is 15.0 Å². The maximum Gasteiger partial charge on any atom is 0.409 e. The molecule has 238 valence electrons. The van der Waals surface area contributed by atoms with Crippen LogP contribution >= 0.6 is 0 Å². The van der Waals surface area contributed by atoms with E-state index in [1.807, 2.05) is 4.90 Å². The van der Waals surface area contributed by atoms with Crippen LogP contribution in [0.25, 0.3) is 4.85 Å². The van der Waals surface area contributed by atoms with E-state index in [1.54, 1.807) is 35.2 Å². The van der Waals surface area contributed by atoms with E-state index in [0.29, 0.717) is 60.7 Å². The normalized spacial score (nSPS) is 18.8. The van der Waals surface area contributed by atoms with Crippen LogP contribution in [0.2, 0.25) is 0 Å². The second kappa shape index (κ2) is 12.4. The standard InChI is InChI=1S/C32H28F4N6O4/c1-37-29-24(32(34,35)36)14-21(15-38-29)41-11-9-40(10-12-41)16-20-6-5-19(13-25(20)33)18-46-27-4-2-3-22-23(27)17-42(31(22)45)26-7-8-28(43)39-30(26)44/h2-6,13-15,26H,7-12,16-18H2,(H,39,43,44). The number of amides is 3. The molecule has 2 saturated heterocycles.